The average Bonchev–Trinajstić information content (AvgIpc) is 2.35. The second-order valence-corrected chi connectivity index (χ2v) is 3.62. The van der Waals surface area contributed by atoms with Crippen molar-refractivity contribution in [2.45, 2.75) is 19.8 Å². The number of aromatic nitrogens is 1. The largest absolute Gasteiger partial charge is 0.478 e. The molecular formula is C12H16N2O4. The number of nitrogens with zero attached hydrogens (tertiary/aromatic N) is 1. The topological polar surface area (TPSA) is 88.5 Å². The molecule has 0 atom stereocenters. The molecule has 0 aliphatic heterocycles. The first-order valence-electron chi connectivity index (χ1n) is 5.71. The van der Waals surface area contributed by atoms with Gasteiger partial charge in [-0.05, 0) is 18.6 Å². The van der Waals surface area contributed by atoms with Crippen molar-refractivity contribution in [2.75, 3.05) is 18.5 Å². The maximum absolute atomic E-state index is 11.5. The minimum absolute atomic E-state index is 0.0275. The number of carboxylic acid groups (broad SMARTS) is 1. The summed E-state index contributed by atoms with van der Waals surface area (Å²) in [6, 6.07) is 2.89. The molecule has 0 spiro atoms. The standard InChI is InChI=1S/C12H16N2O4/c1-2-7-18-8-5-10(15)14-11-9(12(16)17)4-3-6-13-11/h3-4,6H,2,5,7-8H2,1H3,(H,16,17)(H,13,14,15). The van der Waals surface area contributed by atoms with E-state index < -0.39 is 5.97 Å². The minimum atomic E-state index is -1.12. The zero-order valence-electron chi connectivity index (χ0n) is 10.2. The van der Waals surface area contributed by atoms with Crippen molar-refractivity contribution in [1.29, 1.82) is 0 Å². The Morgan fingerprint density at radius 2 is 2.22 bits per heavy atom. The monoisotopic (exact) mass is 252 g/mol. The Balaban J connectivity index is 2.51. The van der Waals surface area contributed by atoms with Gasteiger partial charge in [0.05, 0.1) is 13.0 Å². The van der Waals surface area contributed by atoms with Crippen molar-refractivity contribution in [2.24, 2.45) is 0 Å². The quantitative estimate of drug-likeness (QED) is 0.718. The third kappa shape index (κ3) is 4.50. The van der Waals surface area contributed by atoms with Crippen molar-refractivity contribution in [3.8, 4) is 0 Å². The Morgan fingerprint density at radius 3 is 2.89 bits per heavy atom. The van der Waals surface area contributed by atoms with E-state index in [2.05, 4.69) is 10.3 Å². The molecule has 0 radical (unpaired) electrons. The van der Waals surface area contributed by atoms with Crippen molar-refractivity contribution < 1.29 is 19.4 Å². The lowest BCUT2D eigenvalue weighted by Gasteiger charge is -2.07. The number of carbonyl (C=O) groups excluding carboxylic acids is 1. The second kappa shape index (κ2) is 7.39. The number of nitrogens with one attached hydrogen (secondary N) is 1. The van der Waals surface area contributed by atoms with Gasteiger partial charge in [0, 0.05) is 12.8 Å². The zero-order valence-corrected chi connectivity index (χ0v) is 10.2. The van der Waals surface area contributed by atoms with Crippen LogP contribution < -0.4 is 5.32 Å². The van der Waals surface area contributed by atoms with E-state index in [-0.39, 0.29) is 23.7 Å². The van der Waals surface area contributed by atoms with Gasteiger partial charge in [0.15, 0.2) is 0 Å². The fraction of sp³-hybridized carbons (Fsp3) is 0.417. The molecule has 1 heterocycles. The molecule has 1 aromatic heterocycles. The fourth-order valence-electron chi connectivity index (χ4n) is 1.28. The fourth-order valence-corrected chi connectivity index (χ4v) is 1.28. The molecule has 0 saturated carbocycles. The molecule has 0 fully saturated rings. The van der Waals surface area contributed by atoms with Crippen LogP contribution in [-0.4, -0.2) is 35.2 Å². The van der Waals surface area contributed by atoms with Crippen LogP contribution in [0.4, 0.5) is 5.82 Å². The summed E-state index contributed by atoms with van der Waals surface area (Å²) < 4.78 is 5.17. The van der Waals surface area contributed by atoms with Gasteiger partial charge < -0.3 is 15.2 Å². The maximum Gasteiger partial charge on any atom is 0.339 e. The van der Waals surface area contributed by atoms with Gasteiger partial charge in [-0.3, -0.25) is 4.79 Å². The number of aromatic carboxylic acids is 1. The van der Waals surface area contributed by atoms with Gasteiger partial charge in [0.1, 0.15) is 11.4 Å². The van der Waals surface area contributed by atoms with Crippen LogP contribution in [0.5, 0.6) is 0 Å². The highest BCUT2D eigenvalue weighted by molar-refractivity contribution is 5.99. The van der Waals surface area contributed by atoms with Gasteiger partial charge in [0.2, 0.25) is 5.91 Å². The van der Waals surface area contributed by atoms with Crippen LogP contribution in [0, 0.1) is 0 Å². The Morgan fingerprint density at radius 1 is 1.44 bits per heavy atom. The first kappa shape index (κ1) is 14.1. The van der Waals surface area contributed by atoms with Gasteiger partial charge >= 0.3 is 5.97 Å². The first-order chi connectivity index (χ1) is 8.65. The summed E-state index contributed by atoms with van der Waals surface area (Å²) in [7, 11) is 0. The molecule has 98 valence electrons. The number of carbonyl (C=O) groups is 2. The minimum Gasteiger partial charge on any atom is -0.478 e. The highest BCUT2D eigenvalue weighted by Crippen LogP contribution is 2.11. The Hall–Kier alpha value is -1.95. The normalized spacial score (nSPS) is 10.1. The molecule has 0 unspecified atom stereocenters. The van der Waals surface area contributed by atoms with Crippen LogP contribution >= 0.6 is 0 Å². The Kier molecular flexibility index (Phi) is 5.79. The number of rotatable bonds is 7. The van der Waals surface area contributed by atoms with Crippen LogP contribution in [0.1, 0.15) is 30.1 Å². The van der Waals surface area contributed by atoms with Crippen LogP contribution in [-0.2, 0) is 9.53 Å². The third-order valence-corrected chi connectivity index (χ3v) is 2.12. The zero-order chi connectivity index (χ0) is 13.4. The van der Waals surface area contributed by atoms with Gasteiger partial charge in [-0.15, -0.1) is 0 Å². The molecule has 0 aliphatic carbocycles. The van der Waals surface area contributed by atoms with Crippen molar-refractivity contribution >= 4 is 17.7 Å². The molecule has 6 heteroatoms. The predicted octanol–water partition coefficient (Wildman–Crippen LogP) is 1.54. The number of carboxylic acids is 1. The lowest BCUT2D eigenvalue weighted by Crippen LogP contribution is -2.17. The molecular weight excluding hydrogens is 236 g/mol. The smallest absolute Gasteiger partial charge is 0.339 e. The number of ether oxygens (including phenoxy) is 1. The lowest BCUT2D eigenvalue weighted by atomic mass is 10.2. The van der Waals surface area contributed by atoms with Crippen LogP contribution in [0.15, 0.2) is 18.3 Å². The molecule has 2 N–H and O–H groups in total. The molecule has 18 heavy (non-hydrogen) atoms. The van der Waals surface area contributed by atoms with E-state index >= 15 is 0 Å². The van der Waals surface area contributed by atoms with Crippen LogP contribution in [0.2, 0.25) is 0 Å². The molecule has 1 rings (SSSR count). The summed E-state index contributed by atoms with van der Waals surface area (Å²) in [4.78, 5) is 26.2. The second-order valence-electron chi connectivity index (χ2n) is 3.62. The number of anilines is 1. The summed E-state index contributed by atoms with van der Waals surface area (Å²) in [6.45, 7) is 2.90. The van der Waals surface area contributed by atoms with Gasteiger partial charge in [-0.2, -0.15) is 0 Å². The summed E-state index contributed by atoms with van der Waals surface area (Å²) in [5, 5.41) is 11.4. The lowest BCUT2D eigenvalue weighted by molar-refractivity contribution is -0.117. The van der Waals surface area contributed by atoms with Crippen LogP contribution in [0.25, 0.3) is 0 Å². The van der Waals surface area contributed by atoms with Crippen molar-refractivity contribution in [3.05, 3.63) is 23.9 Å². The van der Waals surface area contributed by atoms with E-state index in [9.17, 15) is 9.59 Å². The highest BCUT2D eigenvalue weighted by atomic mass is 16.5. The number of pyridine rings is 1. The molecule has 1 amide bonds. The molecule has 0 aliphatic rings. The Bertz CT molecular complexity index is 420. The SMILES string of the molecule is CCCOCCC(=O)Nc1ncccc1C(=O)O. The summed E-state index contributed by atoms with van der Waals surface area (Å²) in [5.74, 6) is -1.38. The van der Waals surface area contributed by atoms with E-state index in [0.717, 1.165) is 6.42 Å². The first-order valence-corrected chi connectivity index (χ1v) is 5.71. The van der Waals surface area contributed by atoms with Crippen molar-refractivity contribution in [1.82, 2.24) is 4.98 Å². The molecule has 6 nitrogen and oxygen atoms in total. The number of hydrogen-bond donors (Lipinski definition) is 2. The van der Waals surface area contributed by atoms with E-state index in [1.807, 2.05) is 6.92 Å². The molecule has 1 aromatic rings. The summed E-state index contributed by atoms with van der Waals surface area (Å²) in [5.41, 5.74) is -0.0275. The van der Waals surface area contributed by atoms with E-state index in [4.69, 9.17) is 9.84 Å². The summed E-state index contributed by atoms with van der Waals surface area (Å²) >= 11 is 0. The number of hydrogen-bond acceptors (Lipinski definition) is 4. The molecule has 0 bridgehead atoms. The molecule has 0 saturated heterocycles. The third-order valence-electron chi connectivity index (χ3n) is 2.12. The van der Waals surface area contributed by atoms with E-state index in [1.165, 1.54) is 18.3 Å². The van der Waals surface area contributed by atoms with E-state index in [0.29, 0.717) is 13.2 Å². The summed E-state index contributed by atoms with van der Waals surface area (Å²) in [6.07, 6.45) is 2.50. The van der Waals surface area contributed by atoms with Gasteiger partial charge in [-0.25, -0.2) is 9.78 Å². The van der Waals surface area contributed by atoms with Crippen molar-refractivity contribution in [3.63, 3.8) is 0 Å². The highest BCUT2D eigenvalue weighted by Gasteiger charge is 2.12. The van der Waals surface area contributed by atoms with Crippen LogP contribution in [0.3, 0.4) is 0 Å². The average molecular weight is 252 g/mol. The molecule has 0 aromatic carbocycles. The van der Waals surface area contributed by atoms with E-state index in [1.54, 1.807) is 0 Å². The maximum atomic E-state index is 11.5. The number of amides is 1. The predicted molar refractivity (Wildman–Crippen MR) is 65.6 cm³/mol. The Labute approximate surface area is 105 Å². The van der Waals surface area contributed by atoms with Gasteiger partial charge in [-0.1, -0.05) is 6.92 Å². The van der Waals surface area contributed by atoms with Gasteiger partial charge in [0.25, 0.3) is 0 Å².